The van der Waals surface area contributed by atoms with Crippen molar-refractivity contribution in [2.75, 3.05) is 32.6 Å². The first-order valence-electron chi connectivity index (χ1n) is 6.75. The second-order valence-corrected chi connectivity index (χ2v) is 4.48. The Morgan fingerprint density at radius 1 is 1.30 bits per heavy atom. The van der Waals surface area contributed by atoms with Gasteiger partial charge in [0.15, 0.2) is 0 Å². The van der Waals surface area contributed by atoms with Crippen molar-refractivity contribution >= 4 is 17.6 Å². The molecule has 0 saturated heterocycles. The van der Waals surface area contributed by atoms with Crippen LogP contribution in [-0.4, -0.2) is 44.0 Å². The monoisotopic (exact) mass is 278 g/mol. The summed E-state index contributed by atoms with van der Waals surface area (Å²) < 4.78 is 4.58. The molecular weight excluding hydrogens is 256 g/mol. The van der Waals surface area contributed by atoms with E-state index in [0.717, 1.165) is 12.2 Å². The van der Waals surface area contributed by atoms with Crippen LogP contribution < -0.4 is 5.32 Å². The summed E-state index contributed by atoms with van der Waals surface area (Å²) in [7, 11) is 3.10. The molecule has 1 amide bonds. The fourth-order valence-corrected chi connectivity index (χ4v) is 1.88. The van der Waals surface area contributed by atoms with Crippen molar-refractivity contribution in [2.45, 2.75) is 19.8 Å². The van der Waals surface area contributed by atoms with E-state index in [1.807, 2.05) is 25.1 Å². The zero-order valence-corrected chi connectivity index (χ0v) is 12.3. The van der Waals surface area contributed by atoms with Gasteiger partial charge in [0.25, 0.3) is 5.91 Å². The van der Waals surface area contributed by atoms with Crippen LogP contribution in [0, 0.1) is 0 Å². The van der Waals surface area contributed by atoms with E-state index < -0.39 is 0 Å². The smallest absolute Gasteiger partial charge is 0.305 e. The van der Waals surface area contributed by atoms with E-state index in [-0.39, 0.29) is 11.9 Å². The average Bonchev–Trinajstić information content (AvgIpc) is 2.47. The molecular formula is C15H22N2O3. The average molecular weight is 278 g/mol. The number of esters is 1. The molecule has 0 aliphatic carbocycles. The van der Waals surface area contributed by atoms with Crippen LogP contribution in [0.25, 0.3) is 0 Å². The highest BCUT2D eigenvalue weighted by atomic mass is 16.5. The van der Waals surface area contributed by atoms with Crippen molar-refractivity contribution in [1.82, 2.24) is 4.90 Å². The summed E-state index contributed by atoms with van der Waals surface area (Å²) >= 11 is 0. The van der Waals surface area contributed by atoms with E-state index in [9.17, 15) is 9.59 Å². The van der Waals surface area contributed by atoms with Crippen LogP contribution in [0.15, 0.2) is 24.3 Å². The number of hydrogen-bond donors (Lipinski definition) is 1. The maximum absolute atomic E-state index is 12.4. The minimum Gasteiger partial charge on any atom is -0.469 e. The quantitative estimate of drug-likeness (QED) is 0.776. The predicted molar refractivity (Wildman–Crippen MR) is 78.8 cm³/mol. The van der Waals surface area contributed by atoms with E-state index in [4.69, 9.17) is 0 Å². The lowest BCUT2D eigenvalue weighted by molar-refractivity contribution is -0.140. The Morgan fingerprint density at radius 3 is 2.65 bits per heavy atom. The highest BCUT2D eigenvalue weighted by Crippen LogP contribution is 2.16. The molecule has 1 aromatic rings. The third kappa shape index (κ3) is 4.57. The molecule has 0 atom stereocenters. The minimum atomic E-state index is -0.251. The molecule has 20 heavy (non-hydrogen) atoms. The molecule has 0 heterocycles. The summed E-state index contributed by atoms with van der Waals surface area (Å²) in [6, 6.07) is 7.43. The summed E-state index contributed by atoms with van der Waals surface area (Å²) in [4.78, 5) is 25.0. The van der Waals surface area contributed by atoms with Crippen molar-refractivity contribution in [2.24, 2.45) is 0 Å². The lowest BCUT2D eigenvalue weighted by atomic mass is 10.1. The Labute approximate surface area is 119 Å². The number of ether oxygens (including phenoxy) is 1. The van der Waals surface area contributed by atoms with Crippen LogP contribution in [0.2, 0.25) is 0 Å². The molecule has 1 N–H and O–H groups in total. The molecule has 0 aliphatic rings. The summed E-state index contributed by atoms with van der Waals surface area (Å²) in [5, 5.41) is 3.17. The van der Waals surface area contributed by atoms with Crippen molar-refractivity contribution in [3.8, 4) is 0 Å². The van der Waals surface area contributed by atoms with Gasteiger partial charge in [-0.2, -0.15) is 0 Å². The van der Waals surface area contributed by atoms with Crippen LogP contribution in [0.1, 0.15) is 30.1 Å². The van der Waals surface area contributed by atoms with E-state index in [1.54, 1.807) is 18.0 Å². The van der Waals surface area contributed by atoms with Gasteiger partial charge in [-0.3, -0.25) is 9.59 Å². The summed E-state index contributed by atoms with van der Waals surface area (Å²) in [6.07, 6.45) is 0.918. The van der Waals surface area contributed by atoms with Gasteiger partial charge in [0.2, 0.25) is 0 Å². The second-order valence-electron chi connectivity index (χ2n) is 4.48. The Kier molecular flexibility index (Phi) is 6.56. The molecule has 5 nitrogen and oxygen atoms in total. The number of nitrogens with one attached hydrogen (secondary N) is 1. The fraction of sp³-hybridized carbons (Fsp3) is 0.467. The van der Waals surface area contributed by atoms with Gasteiger partial charge in [-0.25, -0.2) is 0 Å². The number of hydrogen-bond acceptors (Lipinski definition) is 4. The topological polar surface area (TPSA) is 58.6 Å². The molecule has 1 aromatic carbocycles. The number of para-hydroxylation sites is 1. The molecule has 0 spiro atoms. The maximum Gasteiger partial charge on any atom is 0.305 e. The normalized spacial score (nSPS) is 9.95. The first-order valence-corrected chi connectivity index (χ1v) is 6.75. The first-order chi connectivity index (χ1) is 9.60. The van der Waals surface area contributed by atoms with E-state index in [1.165, 1.54) is 7.11 Å². The van der Waals surface area contributed by atoms with Crippen LogP contribution in [0.3, 0.4) is 0 Å². The van der Waals surface area contributed by atoms with Gasteiger partial charge in [-0.15, -0.1) is 0 Å². The van der Waals surface area contributed by atoms with Crippen molar-refractivity contribution in [3.63, 3.8) is 0 Å². The van der Waals surface area contributed by atoms with Gasteiger partial charge in [-0.1, -0.05) is 12.1 Å². The Morgan fingerprint density at radius 2 is 2.00 bits per heavy atom. The van der Waals surface area contributed by atoms with Gasteiger partial charge >= 0.3 is 5.97 Å². The van der Waals surface area contributed by atoms with Crippen LogP contribution in [0.5, 0.6) is 0 Å². The largest absolute Gasteiger partial charge is 0.469 e. The Bertz CT molecular complexity index is 460. The number of methoxy groups -OCH3 is 1. The highest BCUT2D eigenvalue weighted by molar-refractivity contribution is 5.99. The molecule has 1 rings (SSSR count). The van der Waals surface area contributed by atoms with Crippen LogP contribution in [-0.2, 0) is 9.53 Å². The molecule has 0 radical (unpaired) electrons. The van der Waals surface area contributed by atoms with Gasteiger partial charge in [0.05, 0.1) is 12.7 Å². The fourth-order valence-electron chi connectivity index (χ4n) is 1.88. The molecule has 0 saturated carbocycles. The minimum absolute atomic E-state index is 0.0496. The number of carbonyl (C=O) groups excluding carboxylic acids is 2. The van der Waals surface area contributed by atoms with Gasteiger partial charge in [0.1, 0.15) is 0 Å². The zero-order valence-electron chi connectivity index (χ0n) is 12.3. The molecule has 0 aromatic heterocycles. The van der Waals surface area contributed by atoms with Crippen LogP contribution >= 0.6 is 0 Å². The van der Waals surface area contributed by atoms with E-state index in [0.29, 0.717) is 24.9 Å². The first kappa shape index (κ1) is 16.0. The number of amides is 1. The zero-order chi connectivity index (χ0) is 15.0. The summed E-state index contributed by atoms with van der Waals surface area (Å²) in [5.74, 6) is -0.301. The number of rotatable bonds is 7. The maximum atomic E-state index is 12.4. The van der Waals surface area contributed by atoms with Crippen molar-refractivity contribution in [1.29, 1.82) is 0 Å². The molecule has 0 unspecified atom stereocenters. The van der Waals surface area contributed by atoms with Crippen LogP contribution in [0.4, 0.5) is 5.69 Å². The molecule has 0 fully saturated rings. The number of benzene rings is 1. The molecule has 0 bridgehead atoms. The summed E-state index contributed by atoms with van der Waals surface area (Å²) in [5.41, 5.74) is 1.48. The lowest BCUT2D eigenvalue weighted by Crippen LogP contribution is -2.28. The third-order valence-corrected chi connectivity index (χ3v) is 2.97. The molecule has 110 valence electrons. The van der Waals surface area contributed by atoms with Gasteiger partial charge in [0, 0.05) is 32.2 Å². The predicted octanol–water partition coefficient (Wildman–Crippen LogP) is 2.14. The number of carbonyl (C=O) groups is 2. The van der Waals surface area contributed by atoms with Gasteiger partial charge in [-0.05, 0) is 25.5 Å². The Balaban J connectivity index is 2.62. The molecule has 5 heteroatoms. The highest BCUT2D eigenvalue weighted by Gasteiger charge is 2.15. The van der Waals surface area contributed by atoms with E-state index in [2.05, 4.69) is 10.1 Å². The third-order valence-electron chi connectivity index (χ3n) is 2.97. The van der Waals surface area contributed by atoms with E-state index >= 15 is 0 Å². The second kappa shape index (κ2) is 8.19. The number of nitrogens with zero attached hydrogens (tertiary/aromatic N) is 1. The standard InChI is InChI=1S/C15H22N2O3/c1-4-16-13-9-6-5-8-12(13)15(19)17(2)11-7-10-14(18)20-3/h5-6,8-9,16H,4,7,10-11H2,1-3H3. The number of anilines is 1. The lowest BCUT2D eigenvalue weighted by Gasteiger charge is -2.19. The van der Waals surface area contributed by atoms with Crippen molar-refractivity contribution < 1.29 is 14.3 Å². The summed E-state index contributed by atoms with van der Waals surface area (Å²) in [6.45, 7) is 3.27. The van der Waals surface area contributed by atoms with Gasteiger partial charge < -0.3 is 15.0 Å². The Hall–Kier alpha value is -2.04. The molecule has 0 aliphatic heterocycles. The van der Waals surface area contributed by atoms with Crippen molar-refractivity contribution in [3.05, 3.63) is 29.8 Å². The SMILES string of the molecule is CCNc1ccccc1C(=O)N(C)CCCC(=O)OC.